The second kappa shape index (κ2) is 8.63. The molecule has 7 nitrogen and oxygen atoms in total. The summed E-state index contributed by atoms with van der Waals surface area (Å²) in [4.78, 5) is 38.9. The molecule has 0 saturated carbocycles. The summed E-state index contributed by atoms with van der Waals surface area (Å²) in [5, 5.41) is 3.75. The highest BCUT2D eigenvalue weighted by Crippen LogP contribution is 2.24. The van der Waals surface area contributed by atoms with E-state index in [9.17, 15) is 14.4 Å². The highest BCUT2D eigenvalue weighted by Gasteiger charge is 2.28. The fourth-order valence-electron chi connectivity index (χ4n) is 3.93. The van der Waals surface area contributed by atoms with Crippen LogP contribution in [0.1, 0.15) is 28.8 Å². The molecule has 160 valence electrons. The zero-order valence-corrected chi connectivity index (χ0v) is 17.5. The van der Waals surface area contributed by atoms with E-state index in [1.165, 1.54) is 6.07 Å². The summed E-state index contributed by atoms with van der Waals surface area (Å²) in [7, 11) is 1.57. The monoisotopic (exact) mass is 420 g/mol. The van der Waals surface area contributed by atoms with E-state index in [2.05, 4.69) is 5.32 Å². The molecule has 0 atom stereocenters. The van der Waals surface area contributed by atoms with Crippen molar-refractivity contribution in [2.75, 3.05) is 25.5 Å². The third kappa shape index (κ3) is 4.45. The standard InChI is InChI=1S/C24H24N2O5/c1-15-12-22(27)31-21-14-18(6-7-20(15)21)25-23(28)16-8-10-26(11-9-16)24(29)17-4-3-5-19(13-17)30-2/h3-7,12-14,16H,8-11H2,1-2H3,(H,25,28). The molecular formula is C24H24N2O5. The molecular weight excluding hydrogens is 396 g/mol. The van der Waals surface area contributed by atoms with Gasteiger partial charge in [-0.3, -0.25) is 9.59 Å². The fraction of sp³-hybridized carbons (Fsp3) is 0.292. The fourth-order valence-corrected chi connectivity index (χ4v) is 3.93. The van der Waals surface area contributed by atoms with Gasteiger partial charge in [-0.15, -0.1) is 0 Å². The molecule has 1 saturated heterocycles. The van der Waals surface area contributed by atoms with Crippen molar-refractivity contribution < 1.29 is 18.7 Å². The van der Waals surface area contributed by atoms with Crippen molar-refractivity contribution in [1.29, 1.82) is 0 Å². The number of piperidine rings is 1. The molecule has 1 aliphatic heterocycles. The Labute approximate surface area is 179 Å². The van der Waals surface area contributed by atoms with Gasteiger partial charge in [0, 0.05) is 47.8 Å². The van der Waals surface area contributed by atoms with Crippen LogP contribution in [0.3, 0.4) is 0 Å². The Kier molecular flexibility index (Phi) is 5.75. The molecule has 0 unspecified atom stereocenters. The van der Waals surface area contributed by atoms with Gasteiger partial charge in [-0.2, -0.15) is 0 Å². The molecule has 4 rings (SSSR count). The number of amides is 2. The number of aryl methyl sites for hydroxylation is 1. The topological polar surface area (TPSA) is 88.9 Å². The van der Waals surface area contributed by atoms with Crippen LogP contribution < -0.4 is 15.7 Å². The third-order valence-corrected chi connectivity index (χ3v) is 5.69. The SMILES string of the molecule is COc1cccc(C(=O)N2CCC(C(=O)Nc3ccc4c(C)cc(=O)oc4c3)CC2)c1. The number of nitrogens with one attached hydrogen (secondary N) is 1. The molecule has 0 aliphatic carbocycles. The number of fused-ring (bicyclic) bond motifs is 1. The molecule has 7 heteroatoms. The normalized spacial score (nSPS) is 14.5. The van der Waals surface area contributed by atoms with Gasteiger partial charge in [0.15, 0.2) is 0 Å². The minimum absolute atomic E-state index is 0.0577. The first-order valence-electron chi connectivity index (χ1n) is 10.2. The molecule has 0 spiro atoms. The molecule has 1 aliphatic rings. The Bertz CT molecular complexity index is 1190. The summed E-state index contributed by atoms with van der Waals surface area (Å²) in [6, 6.07) is 13.8. The molecule has 1 aromatic heterocycles. The van der Waals surface area contributed by atoms with Gasteiger partial charge in [-0.05, 0) is 55.7 Å². The molecule has 31 heavy (non-hydrogen) atoms. The zero-order valence-electron chi connectivity index (χ0n) is 17.5. The Morgan fingerprint density at radius 1 is 1.10 bits per heavy atom. The van der Waals surface area contributed by atoms with E-state index in [-0.39, 0.29) is 17.7 Å². The number of ether oxygens (including phenoxy) is 1. The number of likely N-dealkylation sites (tertiary alicyclic amines) is 1. The number of benzene rings is 2. The van der Waals surface area contributed by atoms with E-state index in [0.29, 0.717) is 48.5 Å². The molecule has 1 fully saturated rings. The van der Waals surface area contributed by atoms with Gasteiger partial charge in [0.05, 0.1) is 7.11 Å². The summed E-state index contributed by atoms with van der Waals surface area (Å²) in [5.74, 6) is 0.302. The van der Waals surface area contributed by atoms with E-state index >= 15 is 0 Å². The van der Waals surface area contributed by atoms with Gasteiger partial charge < -0.3 is 19.4 Å². The molecule has 2 aromatic carbocycles. The van der Waals surface area contributed by atoms with Crippen LogP contribution in [0.15, 0.2) is 57.7 Å². The first-order chi connectivity index (χ1) is 14.9. The molecule has 0 bridgehead atoms. The van der Waals surface area contributed by atoms with Crippen LogP contribution >= 0.6 is 0 Å². The van der Waals surface area contributed by atoms with Crippen LogP contribution in [0.5, 0.6) is 5.75 Å². The summed E-state index contributed by atoms with van der Waals surface area (Å²) < 4.78 is 10.4. The summed E-state index contributed by atoms with van der Waals surface area (Å²) in [6.07, 6.45) is 1.17. The van der Waals surface area contributed by atoms with Crippen LogP contribution in [0.25, 0.3) is 11.0 Å². The summed E-state index contributed by atoms with van der Waals surface area (Å²) in [6.45, 7) is 2.87. The van der Waals surface area contributed by atoms with Gasteiger partial charge >= 0.3 is 5.63 Å². The number of nitrogens with zero attached hydrogens (tertiary/aromatic N) is 1. The maximum atomic E-state index is 12.7. The molecule has 3 aromatic rings. The van der Waals surface area contributed by atoms with Gasteiger partial charge in [0.1, 0.15) is 11.3 Å². The first-order valence-corrected chi connectivity index (χ1v) is 10.2. The number of anilines is 1. The quantitative estimate of drug-likeness (QED) is 0.652. The Hall–Kier alpha value is -3.61. The van der Waals surface area contributed by atoms with Gasteiger partial charge in [0.2, 0.25) is 5.91 Å². The summed E-state index contributed by atoms with van der Waals surface area (Å²) in [5.41, 5.74) is 2.02. The molecule has 2 amide bonds. The maximum Gasteiger partial charge on any atom is 0.336 e. The van der Waals surface area contributed by atoms with E-state index in [4.69, 9.17) is 9.15 Å². The van der Waals surface area contributed by atoms with E-state index in [1.807, 2.05) is 13.0 Å². The van der Waals surface area contributed by atoms with E-state index in [1.54, 1.807) is 48.4 Å². The Balaban J connectivity index is 1.38. The van der Waals surface area contributed by atoms with Crippen molar-refractivity contribution in [3.63, 3.8) is 0 Å². The van der Waals surface area contributed by atoms with Crippen LogP contribution in [0, 0.1) is 12.8 Å². The third-order valence-electron chi connectivity index (χ3n) is 5.69. The smallest absolute Gasteiger partial charge is 0.336 e. The minimum atomic E-state index is -0.415. The molecule has 2 heterocycles. The van der Waals surface area contributed by atoms with E-state index in [0.717, 1.165) is 10.9 Å². The number of hydrogen-bond acceptors (Lipinski definition) is 5. The average molecular weight is 420 g/mol. The lowest BCUT2D eigenvalue weighted by molar-refractivity contribution is -0.121. The Morgan fingerprint density at radius 2 is 1.87 bits per heavy atom. The number of rotatable bonds is 4. The van der Waals surface area contributed by atoms with Crippen molar-refractivity contribution in [2.45, 2.75) is 19.8 Å². The van der Waals surface area contributed by atoms with Crippen LogP contribution in [0.4, 0.5) is 5.69 Å². The second-order valence-electron chi connectivity index (χ2n) is 7.75. The van der Waals surface area contributed by atoms with Gasteiger partial charge in [-0.1, -0.05) is 6.07 Å². The van der Waals surface area contributed by atoms with Gasteiger partial charge in [0.25, 0.3) is 5.91 Å². The maximum absolute atomic E-state index is 12.7. The number of methoxy groups -OCH3 is 1. The number of carbonyl (C=O) groups excluding carboxylic acids is 2. The van der Waals surface area contributed by atoms with Crippen molar-refractivity contribution in [3.8, 4) is 5.75 Å². The second-order valence-corrected chi connectivity index (χ2v) is 7.75. The minimum Gasteiger partial charge on any atom is -0.497 e. The highest BCUT2D eigenvalue weighted by molar-refractivity contribution is 5.96. The average Bonchev–Trinajstić information content (AvgIpc) is 2.78. The predicted octanol–water partition coefficient (Wildman–Crippen LogP) is 3.60. The van der Waals surface area contributed by atoms with E-state index < -0.39 is 5.63 Å². The molecule has 0 radical (unpaired) electrons. The lowest BCUT2D eigenvalue weighted by atomic mass is 9.95. The Morgan fingerprint density at radius 3 is 2.61 bits per heavy atom. The predicted molar refractivity (Wildman–Crippen MR) is 117 cm³/mol. The van der Waals surface area contributed by atoms with Crippen LogP contribution in [0.2, 0.25) is 0 Å². The zero-order chi connectivity index (χ0) is 22.0. The highest BCUT2D eigenvalue weighted by atomic mass is 16.5. The number of hydrogen-bond donors (Lipinski definition) is 1. The van der Waals surface area contributed by atoms with Crippen LogP contribution in [-0.2, 0) is 4.79 Å². The number of carbonyl (C=O) groups is 2. The van der Waals surface area contributed by atoms with Gasteiger partial charge in [-0.25, -0.2) is 4.79 Å². The van der Waals surface area contributed by atoms with Crippen molar-refractivity contribution >= 4 is 28.5 Å². The van der Waals surface area contributed by atoms with Crippen LogP contribution in [-0.4, -0.2) is 36.9 Å². The molecule has 1 N–H and O–H groups in total. The lowest BCUT2D eigenvalue weighted by Gasteiger charge is -2.31. The first kappa shape index (κ1) is 20.7. The van der Waals surface area contributed by atoms with Crippen molar-refractivity contribution in [2.24, 2.45) is 5.92 Å². The largest absolute Gasteiger partial charge is 0.497 e. The van der Waals surface area contributed by atoms with Crippen molar-refractivity contribution in [1.82, 2.24) is 4.90 Å². The van der Waals surface area contributed by atoms with Crippen molar-refractivity contribution in [3.05, 3.63) is 70.1 Å². The lowest BCUT2D eigenvalue weighted by Crippen LogP contribution is -2.41. The summed E-state index contributed by atoms with van der Waals surface area (Å²) >= 11 is 0.